The van der Waals surface area contributed by atoms with Crippen LogP contribution in [0.5, 0.6) is 0 Å². The fourth-order valence-electron chi connectivity index (χ4n) is 0.655. The van der Waals surface area contributed by atoms with Crippen molar-refractivity contribution in [2.75, 3.05) is 0 Å². The molecule has 11 heavy (non-hydrogen) atoms. The van der Waals surface area contributed by atoms with Crippen LogP contribution in [0.1, 0.15) is 27.7 Å². The first-order valence-corrected chi connectivity index (χ1v) is 4.81. The molecule has 0 rings (SSSR count). The van der Waals surface area contributed by atoms with Crippen molar-refractivity contribution in [2.24, 2.45) is 10.9 Å². The summed E-state index contributed by atoms with van der Waals surface area (Å²) in [5, 5.41) is 3.01. The van der Waals surface area contributed by atoms with E-state index in [2.05, 4.69) is 39.3 Å². The quantitative estimate of drug-likeness (QED) is 0.468. The molecular formula is C9H17NS. The second-order valence-corrected chi connectivity index (χ2v) is 3.99. The van der Waals surface area contributed by atoms with Gasteiger partial charge in [0.1, 0.15) is 0 Å². The molecule has 0 aromatic carbocycles. The molecule has 0 saturated carbocycles. The fourth-order valence-corrected chi connectivity index (χ4v) is 1.37. The van der Waals surface area contributed by atoms with E-state index >= 15 is 0 Å². The lowest BCUT2D eigenvalue weighted by Crippen LogP contribution is -2.05. The highest BCUT2D eigenvalue weighted by atomic mass is 32.2. The molecule has 0 heterocycles. The van der Waals surface area contributed by atoms with Crippen LogP contribution in [-0.4, -0.2) is 11.1 Å². The third-order valence-electron chi connectivity index (χ3n) is 1.08. The Morgan fingerprint density at radius 1 is 1.36 bits per heavy atom. The van der Waals surface area contributed by atoms with Gasteiger partial charge < -0.3 is 0 Å². The molecule has 0 aliphatic rings. The molecule has 0 unspecified atom stereocenters. The van der Waals surface area contributed by atoms with Crippen molar-refractivity contribution in [2.45, 2.75) is 33.7 Å². The van der Waals surface area contributed by atoms with Gasteiger partial charge in [0.2, 0.25) is 0 Å². The highest BCUT2D eigenvalue weighted by Gasteiger charge is 2.03. The van der Waals surface area contributed by atoms with Crippen LogP contribution < -0.4 is 0 Å². The Kier molecular flexibility index (Phi) is 5.30. The molecule has 0 aliphatic heterocycles. The summed E-state index contributed by atoms with van der Waals surface area (Å²) < 4.78 is 0. The summed E-state index contributed by atoms with van der Waals surface area (Å²) in [7, 11) is 0. The molecule has 0 aromatic rings. The number of aliphatic imine (C=N–C) groups is 1. The maximum absolute atomic E-state index is 4.47. The first kappa shape index (κ1) is 10.8. The van der Waals surface area contributed by atoms with Crippen LogP contribution in [0.4, 0.5) is 0 Å². The molecule has 0 spiro atoms. The largest absolute Gasteiger partial charge is 0.280 e. The molecule has 0 N–H and O–H groups in total. The molecule has 0 fully saturated rings. The smallest absolute Gasteiger partial charge is 0.0746 e. The maximum atomic E-state index is 4.47. The Balaban J connectivity index is 4.19. The van der Waals surface area contributed by atoms with Crippen molar-refractivity contribution in [3.05, 3.63) is 12.0 Å². The average molecular weight is 171 g/mol. The summed E-state index contributed by atoms with van der Waals surface area (Å²) in [6.45, 7) is 12.2. The Morgan fingerprint density at radius 2 is 1.91 bits per heavy atom. The van der Waals surface area contributed by atoms with Crippen LogP contribution in [0.15, 0.2) is 17.0 Å². The van der Waals surface area contributed by atoms with E-state index in [0.717, 1.165) is 0 Å². The van der Waals surface area contributed by atoms with Gasteiger partial charge in [0, 0.05) is 12.0 Å². The van der Waals surface area contributed by atoms with Gasteiger partial charge in [-0.2, -0.15) is 0 Å². The van der Waals surface area contributed by atoms with Gasteiger partial charge in [0.15, 0.2) is 0 Å². The molecule has 64 valence electrons. The number of rotatable bonds is 3. The maximum Gasteiger partial charge on any atom is 0.0746 e. The van der Waals surface area contributed by atoms with Gasteiger partial charge in [0.25, 0.3) is 0 Å². The van der Waals surface area contributed by atoms with Crippen molar-refractivity contribution in [1.82, 2.24) is 0 Å². The summed E-state index contributed by atoms with van der Waals surface area (Å²) in [5.41, 5.74) is 0. The molecule has 0 amide bonds. The van der Waals surface area contributed by atoms with E-state index in [4.69, 9.17) is 0 Å². The van der Waals surface area contributed by atoms with Crippen molar-refractivity contribution >= 4 is 16.8 Å². The summed E-state index contributed by atoms with van der Waals surface area (Å²) in [6.07, 6.45) is 0. The van der Waals surface area contributed by atoms with Crippen LogP contribution in [0, 0.1) is 5.92 Å². The number of nitrogens with zero attached hydrogens (tertiary/aromatic N) is 1. The predicted molar refractivity (Wildman–Crippen MR) is 55.2 cm³/mol. The third kappa shape index (κ3) is 5.08. The van der Waals surface area contributed by atoms with E-state index < -0.39 is 0 Å². The van der Waals surface area contributed by atoms with Crippen LogP contribution in [0.3, 0.4) is 0 Å². The molecule has 0 atom stereocenters. The average Bonchev–Trinajstić information content (AvgIpc) is 1.86. The standard InChI is InChI=1S/C9H17NS/c1-6-11-9(7(2)3)10-8(4)5/h6-8H,1H2,2-5H3. The molecule has 0 radical (unpaired) electrons. The molecule has 2 heteroatoms. The van der Waals surface area contributed by atoms with Crippen LogP contribution in [-0.2, 0) is 0 Å². The highest BCUT2D eigenvalue weighted by molar-refractivity contribution is 8.16. The lowest BCUT2D eigenvalue weighted by atomic mass is 10.2. The van der Waals surface area contributed by atoms with E-state index in [9.17, 15) is 0 Å². The zero-order chi connectivity index (χ0) is 8.85. The van der Waals surface area contributed by atoms with Crippen molar-refractivity contribution in [3.8, 4) is 0 Å². The van der Waals surface area contributed by atoms with E-state index in [1.165, 1.54) is 5.04 Å². The van der Waals surface area contributed by atoms with Gasteiger partial charge in [-0.25, -0.2) is 0 Å². The van der Waals surface area contributed by atoms with Gasteiger partial charge in [-0.3, -0.25) is 4.99 Å². The van der Waals surface area contributed by atoms with Gasteiger partial charge in [0.05, 0.1) is 5.04 Å². The van der Waals surface area contributed by atoms with Crippen molar-refractivity contribution < 1.29 is 0 Å². The topological polar surface area (TPSA) is 12.4 Å². The Labute approximate surface area is 74.0 Å². The molecule has 0 aliphatic carbocycles. The van der Waals surface area contributed by atoms with E-state index in [0.29, 0.717) is 12.0 Å². The van der Waals surface area contributed by atoms with Gasteiger partial charge in [-0.1, -0.05) is 32.2 Å². The van der Waals surface area contributed by atoms with Gasteiger partial charge in [-0.15, -0.1) is 0 Å². The normalized spacial score (nSPS) is 12.7. The first-order chi connectivity index (χ1) is 5.07. The van der Waals surface area contributed by atoms with E-state index in [-0.39, 0.29) is 0 Å². The molecule has 0 saturated heterocycles. The Hall–Kier alpha value is -0.240. The first-order valence-electron chi connectivity index (χ1n) is 3.93. The lowest BCUT2D eigenvalue weighted by Gasteiger charge is -2.08. The second kappa shape index (κ2) is 5.42. The van der Waals surface area contributed by atoms with E-state index in [1.807, 2.05) is 5.41 Å². The minimum absolute atomic E-state index is 0.389. The van der Waals surface area contributed by atoms with Gasteiger partial charge >= 0.3 is 0 Å². The van der Waals surface area contributed by atoms with Crippen LogP contribution >= 0.6 is 11.8 Å². The molecule has 0 bridgehead atoms. The fraction of sp³-hybridized carbons (Fsp3) is 0.667. The highest BCUT2D eigenvalue weighted by Crippen LogP contribution is 2.14. The number of hydrogen-bond donors (Lipinski definition) is 0. The second-order valence-electron chi connectivity index (χ2n) is 3.00. The van der Waals surface area contributed by atoms with Crippen LogP contribution in [0.25, 0.3) is 0 Å². The summed E-state index contributed by atoms with van der Waals surface area (Å²) in [4.78, 5) is 4.47. The Bertz CT molecular complexity index is 148. The zero-order valence-corrected chi connectivity index (χ0v) is 8.61. The SMILES string of the molecule is C=CSC(=NC(C)C)C(C)C. The molecule has 0 aromatic heterocycles. The zero-order valence-electron chi connectivity index (χ0n) is 7.79. The Morgan fingerprint density at radius 3 is 2.18 bits per heavy atom. The minimum atomic E-state index is 0.389. The summed E-state index contributed by atoms with van der Waals surface area (Å²) >= 11 is 1.63. The van der Waals surface area contributed by atoms with Gasteiger partial charge in [-0.05, 0) is 19.3 Å². The molecular weight excluding hydrogens is 154 g/mol. The number of hydrogen-bond acceptors (Lipinski definition) is 2. The van der Waals surface area contributed by atoms with E-state index in [1.54, 1.807) is 11.8 Å². The van der Waals surface area contributed by atoms with Crippen molar-refractivity contribution in [1.29, 1.82) is 0 Å². The van der Waals surface area contributed by atoms with Crippen molar-refractivity contribution in [3.63, 3.8) is 0 Å². The van der Waals surface area contributed by atoms with Crippen LogP contribution in [0.2, 0.25) is 0 Å². The molecule has 1 nitrogen and oxygen atoms in total. The minimum Gasteiger partial charge on any atom is -0.280 e. The third-order valence-corrected chi connectivity index (χ3v) is 2.07. The lowest BCUT2D eigenvalue weighted by molar-refractivity contribution is 0.808. The predicted octanol–water partition coefficient (Wildman–Crippen LogP) is 3.33. The summed E-state index contributed by atoms with van der Waals surface area (Å²) in [5.74, 6) is 0.514. The number of thioether (sulfide) groups is 1. The monoisotopic (exact) mass is 171 g/mol. The summed E-state index contributed by atoms with van der Waals surface area (Å²) in [6, 6.07) is 0.389.